The lowest BCUT2D eigenvalue weighted by Crippen LogP contribution is -2.18. The van der Waals surface area contributed by atoms with Crippen LogP contribution in [0.3, 0.4) is 0 Å². The Morgan fingerprint density at radius 1 is 1.29 bits per heavy atom. The number of para-hydroxylation sites is 1. The molecule has 9 heteroatoms. The molecular weight excluding hydrogens is 398 g/mol. The van der Waals surface area contributed by atoms with Crippen molar-refractivity contribution >= 4 is 44.9 Å². The smallest absolute Gasteiger partial charge is 0.270 e. The quantitative estimate of drug-likeness (QED) is 0.410. The van der Waals surface area contributed by atoms with Crippen LogP contribution in [0.1, 0.15) is 6.42 Å². The van der Waals surface area contributed by atoms with Crippen LogP contribution in [-0.4, -0.2) is 34.0 Å². The van der Waals surface area contributed by atoms with Crippen LogP contribution in [0.25, 0.3) is 10.2 Å². The van der Waals surface area contributed by atoms with E-state index in [1.54, 1.807) is 17.8 Å². The highest BCUT2D eigenvalue weighted by molar-refractivity contribution is 7.98. The molecule has 0 atom stereocenters. The normalized spacial score (nSPS) is 11.7. The van der Waals surface area contributed by atoms with Crippen molar-refractivity contribution in [2.45, 2.75) is 13.0 Å². The molecule has 0 N–H and O–H groups in total. The Hall–Kier alpha value is -2.65. The maximum Gasteiger partial charge on any atom is 0.270 e. The number of hydrogen-bond acceptors (Lipinski definition) is 6. The third-order valence-electron chi connectivity index (χ3n) is 3.94. The van der Waals surface area contributed by atoms with Crippen molar-refractivity contribution in [1.82, 2.24) is 4.57 Å². The maximum absolute atomic E-state index is 12.3. The van der Waals surface area contributed by atoms with Crippen LogP contribution in [0, 0.1) is 10.1 Å². The summed E-state index contributed by atoms with van der Waals surface area (Å²) in [6.07, 6.45) is 2.16. The first kappa shape index (κ1) is 20.1. The largest absolute Gasteiger partial charge is 0.493 e. The first-order valence-corrected chi connectivity index (χ1v) is 10.8. The molecule has 1 amide bonds. The van der Waals surface area contributed by atoms with Crippen molar-refractivity contribution < 1.29 is 14.5 Å². The second kappa shape index (κ2) is 9.52. The Morgan fingerprint density at radius 2 is 2.07 bits per heavy atom. The minimum absolute atomic E-state index is 0.0277. The first-order chi connectivity index (χ1) is 13.6. The number of aromatic nitrogens is 1. The third-order valence-corrected chi connectivity index (χ3v) is 5.58. The number of ether oxygens (including phenoxy) is 1. The molecule has 7 nitrogen and oxygen atoms in total. The molecule has 1 heterocycles. The van der Waals surface area contributed by atoms with Gasteiger partial charge in [0.1, 0.15) is 5.75 Å². The second-order valence-electron chi connectivity index (χ2n) is 5.86. The summed E-state index contributed by atoms with van der Waals surface area (Å²) in [5, 5.41) is 11.0. The molecule has 1 aromatic heterocycles. The number of carbonyl (C=O) groups excluding carboxylic acids is 1. The second-order valence-corrected chi connectivity index (χ2v) is 7.85. The van der Waals surface area contributed by atoms with Crippen LogP contribution >= 0.6 is 23.1 Å². The molecule has 0 aliphatic rings. The summed E-state index contributed by atoms with van der Waals surface area (Å²) in [6, 6.07) is 14.0. The monoisotopic (exact) mass is 417 g/mol. The fourth-order valence-corrected chi connectivity index (χ4v) is 4.07. The Labute approximate surface area is 169 Å². The van der Waals surface area contributed by atoms with E-state index in [1.807, 2.05) is 41.2 Å². The number of non-ortho nitro benzene ring substituents is 1. The molecule has 3 rings (SSSR count). The van der Waals surface area contributed by atoms with Crippen molar-refractivity contribution in [3.05, 3.63) is 63.4 Å². The van der Waals surface area contributed by atoms with E-state index in [0.717, 1.165) is 16.0 Å². The van der Waals surface area contributed by atoms with Gasteiger partial charge in [-0.05, 0) is 24.5 Å². The van der Waals surface area contributed by atoms with E-state index in [4.69, 9.17) is 4.74 Å². The summed E-state index contributed by atoms with van der Waals surface area (Å²) in [5.41, 5.74) is 0.872. The predicted octanol–water partition coefficient (Wildman–Crippen LogP) is 3.87. The van der Waals surface area contributed by atoms with E-state index >= 15 is 0 Å². The summed E-state index contributed by atoms with van der Waals surface area (Å²) < 4.78 is 8.23. The molecule has 0 bridgehead atoms. The number of aryl methyl sites for hydroxylation is 1. The van der Waals surface area contributed by atoms with Gasteiger partial charge in [-0.3, -0.25) is 14.9 Å². The van der Waals surface area contributed by atoms with E-state index in [2.05, 4.69) is 4.99 Å². The van der Waals surface area contributed by atoms with E-state index in [-0.39, 0.29) is 24.6 Å². The molecule has 0 spiro atoms. The Balaban J connectivity index is 1.82. The van der Waals surface area contributed by atoms with Gasteiger partial charge in [-0.15, -0.1) is 0 Å². The van der Waals surface area contributed by atoms with Crippen molar-refractivity contribution in [3.63, 3.8) is 0 Å². The minimum atomic E-state index is -0.422. The van der Waals surface area contributed by atoms with Crippen molar-refractivity contribution in [2.24, 2.45) is 4.99 Å². The van der Waals surface area contributed by atoms with Gasteiger partial charge in [-0.25, -0.2) is 0 Å². The number of nitro benzene ring substituents is 1. The van der Waals surface area contributed by atoms with Crippen molar-refractivity contribution in [2.75, 3.05) is 18.6 Å². The van der Waals surface area contributed by atoms with Gasteiger partial charge in [-0.1, -0.05) is 29.5 Å². The standard InChI is InChI=1S/C19H19N3O4S2/c1-27-12-10-21-16-8-7-14(22(24)25)13-17(16)28-19(21)20-18(23)9-11-26-15-5-3-2-4-6-15/h2-8,13H,9-12H2,1H3. The lowest BCUT2D eigenvalue weighted by atomic mass is 10.3. The number of hydrogen-bond donors (Lipinski definition) is 0. The average Bonchev–Trinajstić information content (AvgIpc) is 3.03. The summed E-state index contributed by atoms with van der Waals surface area (Å²) in [4.78, 5) is 27.7. The fraction of sp³-hybridized carbons (Fsp3) is 0.263. The van der Waals surface area contributed by atoms with Gasteiger partial charge in [0.15, 0.2) is 4.80 Å². The molecule has 0 aliphatic heterocycles. The Morgan fingerprint density at radius 3 is 2.79 bits per heavy atom. The number of thioether (sulfide) groups is 1. The van der Waals surface area contributed by atoms with Crippen LogP contribution in [0.4, 0.5) is 5.69 Å². The zero-order valence-corrected chi connectivity index (χ0v) is 16.9. The number of nitro groups is 1. The highest BCUT2D eigenvalue weighted by Gasteiger charge is 2.12. The molecule has 0 saturated heterocycles. The fourth-order valence-electron chi connectivity index (χ4n) is 2.59. The van der Waals surface area contributed by atoms with E-state index in [9.17, 15) is 14.9 Å². The highest BCUT2D eigenvalue weighted by atomic mass is 32.2. The molecule has 0 aliphatic carbocycles. The third kappa shape index (κ3) is 4.99. The van der Waals surface area contributed by atoms with Crippen LogP contribution in [0.2, 0.25) is 0 Å². The Kier molecular flexibility index (Phi) is 6.83. The summed E-state index contributed by atoms with van der Waals surface area (Å²) >= 11 is 2.97. The molecule has 2 aromatic carbocycles. The van der Waals surface area contributed by atoms with E-state index in [0.29, 0.717) is 17.1 Å². The average molecular weight is 418 g/mol. The molecule has 0 radical (unpaired) electrons. The molecule has 0 saturated carbocycles. The summed E-state index contributed by atoms with van der Waals surface area (Å²) in [5.74, 6) is 1.27. The van der Waals surface area contributed by atoms with E-state index in [1.165, 1.54) is 23.5 Å². The van der Waals surface area contributed by atoms with Gasteiger partial charge < -0.3 is 9.30 Å². The number of amides is 1. The van der Waals surface area contributed by atoms with Gasteiger partial charge in [-0.2, -0.15) is 16.8 Å². The van der Waals surface area contributed by atoms with Gasteiger partial charge in [0.25, 0.3) is 11.6 Å². The van der Waals surface area contributed by atoms with Crippen LogP contribution in [-0.2, 0) is 11.3 Å². The van der Waals surface area contributed by atoms with Gasteiger partial charge >= 0.3 is 0 Å². The number of nitrogens with zero attached hydrogens (tertiary/aromatic N) is 3. The summed E-state index contributed by atoms with van der Waals surface area (Å²) in [7, 11) is 0. The van der Waals surface area contributed by atoms with E-state index < -0.39 is 4.92 Å². The lowest BCUT2D eigenvalue weighted by Gasteiger charge is -2.04. The van der Waals surface area contributed by atoms with Gasteiger partial charge in [0, 0.05) is 24.4 Å². The number of benzene rings is 2. The first-order valence-electron chi connectivity index (χ1n) is 8.60. The number of carbonyl (C=O) groups is 1. The number of fused-ring (bicyclic) bond motifs is 1. The number of thiazole rings is 1. The van der Waals surface area contributed by atoms with Crippen molar-refractivity contribution in [1.29, 1.82) is 0 Å². The predicted molar refractivity (Wildman–Crippen MR) is 112 cm³/mol. The molecule has 3 aromatic rings. The van der Waals surface area contributed by atoms with Crippen molar-refractivity contribution in [3.8, 4) is 5.75 Å². The molecular formula is C19H19N3O4S2. The molecule has 146 valence electrons. The molecule has 0 fully saturated rings. The lowest BCUT2D eigenvalue weighted by molar-refractivity contribution is -0.384. The molecule has 0 unspecified atom stereocenters. The number of rotatable bonds is 8. The maximum atomic E-state index is 12.3. The summed E-state index contributed by atoms with van der Waals surface area (Å²) in [6.45, 7) is 0.916. The molecule has 28 heavy (non-hydrogen) atoms. The van der Waals surface area contributed by atoms with Gasteiger partial charge in [0.2, 0.25) is 0 Å². The van der Waals surface area contributed by atoms with Crippen LogP contribution in [0.5, 0.6) is 5.75 Å². The van der Waals surface area contributed by atoms with Crippen LogP contribution in [0.15, 0.2) is 53.5 Å². The minimum Gasteiger partial charge on any atom is -0.493 e. The Bertz CT molecular complexity index is 1040. The SMILES string of the molecule is CSCCn1c(=NC(=O)CCOc2ccccc2)sc2cc([N+](=O)[O-])ccc21. The topological polar surface area (TPSA) is 86.7 Å². The zero-order chi connectivity index (χ0) is 19.9. The highest BCUT2D eigenvalue weighted by Crippen LogP contribution is 2.23. The van der Waals surface area contributed by atoms with Crippen LogP contribution < -0.4 is 9.54 Å². The van der Waals surface area contributed by atoms with Gasteiger partial charge in [0.05, 0.1) is 28.2 Å². The zero-order valence-electron chi connectivity index (χ0n) is 15.2.